The van der Waals surface area contributed by atoms with Gasteiger partial charge in [0.05, 0.1) is 23.2 Å². The molecule has 3 rings (SSSR count). The lowest BCUT2D eigenvalue weighted by atomic mass is 10.2. The molecule has 8 heteroatoms. The maximum Gasteiger partial charge on any atom is 0.259 e. The second-order valence-corrected chi connectivity index (χ2v) is 7.01. The molecule has 0 unspecified atom stereocenters. The molecule has 0 fully saturated rings. The number of fused-ring (bicyclic) bond motifs is 1. The zero-order valence-electron chi connectivity index (χ0n) is 17.3. The second-order valence-electron chi connectivity index (χ2n) is 7.01. The fraction of sp³-hybridized carbons (Fsp3) is 0.227. The minimum absolute atomic E-state index is 0.0240. The molecule has 2 N–H and O–H groups in total. The molecule has 0 aliphatic rings. The first kappa shape index (κ1) is 20.9. The van der Waals surface area contributed by atoms with Crippen molar-refractivity contribution >= 4 is 28.5 Å². The van der Waals surface area contributed by atoms with Crippen molar-refractivity contribution in [3.05, 3.63) is 66.5 Å². The number of aromatic nitrogens is 2. The van der Waals surface area contributed by atoms with Gasteiger partial charge in [-0.05, 0) is 42.0 Å². The van der Waals surface area contributed by atoms with E-state index in [2.05, 4.69) is 22.4 Å². The summed E-state index contributed by atoms with van der Waals surface area (Å²) < 4.78 is 7.35. The van der Waals surface area contributed by atoms with Crippen molar-refractivity contribution in [3.8, 4) is 5.75 Å². The number of nitrogens with zero attached hydrogens (tertiary/aromatic N) is 3. The number of hydrogen-bond acceptors (Lipinski definition) is 5. The first-order valence-electron chi connectivity index (χ1n) is 9.42. The molecule has 0 saturated heterocycles. The van der Waals surface area contributed by atoms with Crippen LogP contribution in [-0.4, -0.2) is 47.0 Å². The van der Waals surface area contributed by atoms with E-state index in [4.69, 9.17) is 4.74 Å². The van der Waals surface area contributed by atoms with E-state index in [1.54, 1.807) is 38.4 Å². The van der Waals surface area contributed by atoms with Crippen LogP contribution in [0, 0.1) is 0 Å². The molecule has 0 spiro atoms. The molecular formula is C22H25N5O3. The number of benzene rings is 2. The van der Waals surface area contributed by atoms with E-state index in [1.807, 2.05) is 35.9 Å². The van der Waals surface area contributed by atoms with E-state index >= 15 is 0 Å². The summed E-state index contributed by atoms with van der Waals surface area (Å²) >= 11 is 0. The molecule has 0 atom stereocenters. The minimum Gasteiger partial charge on any atom is -0.484 e. The molecule has 2 aromatic carbocycles. The van der Waals surface area contributed by atoms with E-state index < -0.39 is 0 Å². The van der Waals surface area contributed by atoms with Crippen molar-refractivity contribution in [2.75, 3.05) is 20.7 Å². The molecule has 0 aliphatic carbocycles. The Balaban J connectivity index is 1.51. The average molecular weight is 407 g/mol. The van der Waals surface area contributed by atoms with Crippen molar-refractivity contribution in [2.24, 2.45) is 7.05 Å². The Bertz CT molecular complexity index is 1070. The fourth-order valence-electron chi connectivity index (χ4n) is 2.79. The predicted octanol–water partition coefficient (Wildman–Crippen LogP) is 1.87. The van der Waals surface area contributed by atoms with Gasteiger partial charge in [-0.1, -0.05) is 18.7 Å². The van der Waals surface area contributed by atoms with Gasteiger partial charge in [0.15, 0.2) is 6.61 Å². The minimum atomic E-state index is -0.225. The molecule has 30 heavy (non-hydrogen) atoms. The SMILES string of the molecule is C=C(NNC(=O)Cc1nc2ccccc2n1C)c1ccc(OCC(=O)N(C)C)cc1. The van der Waals surface area contributed by atoms with E-state index in [9.17, 15) is 9.59 Å². The summed E-state index contributed by atoms with van der Waals surface area (Å²) in [6.45, 7) is 3.91. The first-order valence-corrected chi connectivity index (χ1v) is 9.42. The van der Waals surface area contributed by atoms with Crippen LogP contribution in [0.1, 0.15) is 11.4 Å². The normalized spacial score (nSPS) is 10.5. The average Bonchev–Trinajstić information content (AvgIpc) is 3.06. The van der Waals surface area contributed by atoms with Crippen molar-refractivity contribution in [1.29, 1.82) is 0 Å². The number of likely N-dealkylation sites (N-methyl/N-ethyl adjacent to an activating group) is 1. The van der Waals surface area contributed by atoms with Crippen LogP contribution in [-0.2, 0) is 23.1 Å². The van der Waals surface area contributed by atoms with Crippen molar-refractivity contribution in [2.45, 2.75) is 6.42 Å². The molecule has 156 valence electrons. The van der Waals surface area contributed by atoms with Gasteiger partial charge in [0.25, 0.3) is 5.91 Å². The smallest absolute Gasteiger partial charge is 0.259 e. The van der Waals surface area contributed by atoms with Gasteiger partial charge in [0, 0.05) is 21.1 Å². The number of ether oxygens (including phenoxy) is 1. The Labute approximate surface area is 175 Å². The van der Waals surface area contributed by atoms with Crippen molar-refractivity contribution in [1.82, 2.24) is 25.3 Å². The van der Waals surface area contributed by atoms with Crippen LogP contribution >= 0.6 is 0 Å². The molecule has 2 amide bonds. The van der Waals surface area contributed by atoms with Crippen LogP contribution in [0.3, 0.4) is 0 Å². The highest BCUT2D eigenvalue weighted by Crippen LogP contribution is 2.16. The summed E-state index contributed by atoms with van der Waals surface area (Å²) in [6, 6.07) is 14.8. The summed E-state index contributed by atoms with van der Waals surface area (Å²) in [7, 11) is 5.24. The number of amides is 2. The summed E-state index contributed by atoms with van der Waals surface area (Å²) in [5, 5.41) is 0. The monoisotopic (exact) mass is 407 g/mol. The Morgan fingerprint density at radius 2 is 1.80 bits per heavy atom. The number of carbonyl (C=O) groups excluding carboxylic acids is 2. The van der Waals surface area contributed by atoms with Crippen LogP contribution in [0.4, 0.5) is 0 Å². The maximum atomic E-state index is 12.3. The third kappa shape index (κ3) is 4.96. The fourth-order valence-corrected chi connectivity index (χ4v) is 2.79. The molecule has 0 saturated carbocycles. The first-order chi connectivity index (χ1) is 14.3. The van der Waals surface area contributed by atoms with Crippen LogP contribution in [0.15, 0.2) is 55.1 Å². The summed E-state index contributed by atoms with van der Waals surface area (Å²) in [4.78, 5) is 29.9. The highest BCUT2D eigenvalue weighted by atomic mass is 16.5. The van der Waals surface area contributed by atoms with Gasteiger partial charge in [-0.25, -0.2) is 4.98 Å². The van der Waals surface area contributed by atoms with E-state index in [0.29, 0.717) is 17.3 Å². The van der Waals surface area contributed by atoms with Crippen LogP contribution in [0.25, 0.3) is 16.7 Å². The number of aryl methyl sites for hydroxylation is 1. The van der Waals surface area contributed by atoms with Gasteiger partial charge in [-0.2, -0.15) is 0 Å². The van der Waals surface area contributed by atoms with E-state index in [-0.39, 0.29) is 24.8 Å². The van der Waals surface area contributed by atoms with Crippen molar-refractivity contribution < 1.29 is 14.3 Å². The molecular weight excluding hydrogens is 382 g/mol. The highest BCUT2D eigenvalue weighted by Gasteiger charge is 2.12. The lowest BCUT2D eigenvalue weighted by Gasteiger charge is -2.13. The summed E-state index contributed by atoms with van der Waals surface area (Å²) in [6.07, 6.45) is 0.137. The van der Waals surface area contributed by atoms with Gasteiger partial charge < -0.3 is 14.2 Å². The van der Waals surface area contributed by atoms with Gasteiger partial charge in [-0.3, -0.25) is 20.4 Å². The quantitative estimate of drug-likeness (QED) is 0.557. The molecule has 0 aliphatic heterocycles. The molecule has 8 nitrogen and oxygen atoms in total. The topological polar surface area (TPSA) is 88.5 Å². The van der Waals surface area contributed by atoms with Gasteiger partial charge in [0.1, 0.15) is 11.6 Å². The largest absolute Gasteiger partial charge is 0.484 e. The molecule has 1 heterocycles. The van der Waals surface area contributed by atoms with Gasteiger partial charge in [-0.15, -0.1) is 0 Å². The third-order valence-corrected chi connectivity index (χ3v) is 4.62. The lowest BCUT2D eigenvalue weighted by molar-refractivity contribution is -0.130. The van der Waals surface area contributed by atoms with Gasteiger partial charge in [0.2, 0.25) is 5.91 Å². The number of hydrazine groups is 1. The number of imidazole rings is 1. The Kier molecular flexibility index (Phi) is 6.36. The summed E-state index contributed by atoms with van der Waals surface area (Å²) in [5.74, 6) is 0.910. The number of nitrogens with one attached hydrogen (secondary N) is 2. The Hall–Kier alpha value is -3.81. The maximum absolute atomic E-state index is 12.3. The number of hydrogen-bond donors (Lipinski definition) is 2. The van der Waals surface area contributed by atoms with Crippen LogP contribution in [0.2, 0.25) is 0 Å². The molecule has 1 aromatic heterocycles. The highest BCUT2D eigenvalue weighted by molar-refractivity contribution is 5.81. The van der Waals surface area contributed by atoms with Crippen LogP contribution in [0.5, 0.6) is 5.75 Å². The molecule has 3 aromatic rings. The van der Waals surface area contributed by atoms with E-state index in [1.165, 1.54) is 4.90 Å². The molecule has 0 radical (unpaired) electrons. The second kappa shape index (κ2) is 9.13. The standard InChI is InChI=1S/C22H25N5O3/c1-15(16-9-11-17(12-10-16)30-14-22(29)26(2)3)24-25-21(28)13-20-23-18-7-5-6-8-19(18)27(20)4/h5-12,24H,1,13-14H2,2-4H3,(H,25,28). The predicted molar refractivity (Wildman–Crippen MR) is 115 cm³/mol. The van der Waals surface area contributed by atoms with Crippen molar-refractivity contribution in [3.63, 3.8) is 0 Å². The Morgan fingerprint density at radius 3 is 2.47 bits per heavy atom. The lowest BCUT2D eigenvalue weighted by Crippen LogP contribution is -2.37. The number of carbonyl (C=O) groups is 2. The number of rotatable bonds is 8. The zero-order chi connectivity index (χ0) is 21.7. The molecule has 0 bridgehead atoms. The zero-order valence-corrected chi connectivity index (χ0v) is 17.3. The van der Waals surface area contributed by atoms with Gasteiger partial charge >= 0.3 is 0 Å². The summed E-state index contributed by atoms with van der Waals surface area (Å²) in [5.41, 5.74) is 8.62. The Morgan fingerprint density at radius 1 is 1.10 bits per heavy atom. The van der Waals surface area contributed by atoms with E-state index in [0.717, 1.165) is 16.6 Å². The van der Waals surface area contributed by atoms with Crippen LogP contribution < -0.4 is 15.6 Å². The third-order valence-electron chi connectivity index (χ3n) is 4.62. The number of para-hydroxylation sites is 2.